The van der Waals surface area contributed by atoms with Crippen LogP contribution in [-0.2, 0) is 10.8 Å². The fourth-order valence-electron chi connectivity index (χ4n) is 5.22. The van der Waals surface area contributed by atoms with Gasteiger partial charge in [-0.1, -0.05) is 71.9 Å². The lowest BCUT2D eigenvalue weighted by molar-refractivity contribution is -0.384. The fourth-order valence-corrected chi connectivity index (χ4v) is 5.22. The molecule has 0 unspecified atom stereocenters. The van der Waals surface area contributed by atoms with Gasteiger partial charge in [0, 0.05) is 29.8 Å². The first kappa shape index (κ1) is 34.4. The van der Waals surface area contributed by atoms with Gasteiger partial charge in [-0.05, 0) is 91.3 Å². The first-order valence-electron chi connectivity index (χ1n) is 16.3. The summed E-state index contributed by atoms with van der Waals surface area (Å²) >= 11 is 0. The second kappa shape index (κ2) is 14.3. The van der Waals surface area contributed by atoms with Crippen LogP contribution in [0.2, 0.25) is 0 Å². The molecule has 0 bridgehead atoms. The summed E-state index contributed by atoms with van der Waals surface area (Å²) in [5.41, 5.74) is 7.09. The molecule has 0 saturated heterocycles. The third-order valence-electron chi connectivity index (χ3n) is 9.40. The van der Waals surface area contributed by atoms with E-state index in [-0.39, 0.29) is 22.4 Å². The lowest BCUT2D eigenvalue weighted by atomic mass is 9.76. The molecule has 8 heteroatoms. The summed E-state index contributed by atoms with van der Waals surface area (Å²) < 4.78 is 7.80. The topological polar surface area (TPSA) is 99.3 Å². The number of rotatable bonds is 14. The number of benzene rings is 3. The standard InChI is InChI=1S/C38H48N4O4/c1-9-37(5,6)29-18-19-35(32(23-29)38(7,8)10-2)46-21-12-11-20-39-36(43)34-25-33(28-17-16-26(3)27(4)22-28)40-41(34)30-14-13-15-31(24-30)42(44)45/h13-19,22-25H,9-12,20-21H2,1-8H3,(H,39,43). The van der Waals surface area contributed by atoms with Gasteiger partial charge < -0.3 is 10.1 Å². The van der Waals surface area contributed by atoms with Crippen LogP contribution >= 0.6 is 0 Å². The van der Waals surface area contributed by atoms with E-state index in [0.29, 0.717) is 30.2 Å². The summed E-state index contributed by atoms with van der Waals surface area (Å²) in [6, 6.07) is 20.5. The maximum Gasteiger partial charge on any atom is 0.271 e. The van der Waals surface area contributed by atoms with E-state index < -0.39 is 4.92 Å². The molecule has 8 nitrogen and oxygen atoms in total. The van der Waals surface area contributed by atoms with Crippen LogP contribution < -0.4 is 10.1 Å². The molecule has 0 aliphatic heterocycles. The van der Waals surface area contributed by atoms with Crippen molar-refractivity contribution in [2.75, 3.05) is 13.2 Å². The van der Waals surface area contributed by atoms with Gasteiger partial charge in [0.25, 0.3) is 11.6 Å². The van der Waals surface area contributed by atoms with Gasteiger partial charge in [0.05, 0.1) is 22.9 Å². The van der Waals surface area contributed by atoms with E-state index in [0.717, 1.165) is 48.1 Å². The molecule has 244 valence electrons. The molecule has 4 aromatic rings. The Hall–Kier alpha value is -4.46. The summed E-state index contributed by atoms with van der Waals surface area (Å²) in [6.07, 6.45) is 3.56. The van der Waals surface area contributed by atoms with Crippen molar-refractivity contribution < 1.29 is 14.5 Å². The monoisotopic (exact) mass is 624 g/mol. The molecule has 46 heavy (non-hydrogen) atoms. The van der Waals surface area contributed by atoms with Crippen molar-refractivity contribution in [2.45, 2.75) is 91.9 Å². The number of amides is 1. The van der Waals surface area contributed by atoms with Crippen LogP contribution in [0.3, 0.4) is 0 Å². The second-order valence-electron chi connectivity index (χ2n) is 13.4. The molecule has 0 aliphatic rings. The van der Waals surface area contributed by atoms with Gasteiger partial charge in [-0.2, -0.15) is 5.10 Å². The highest BCUT2D eigenvalue weighted by molar-refractivity contribution is 5.94. The maximum absolute atomic E-state index is 13.5. The number of hydrogen-bond acceptors (Lipinski definition) is 5. The Morgan fingerprint density at radius 3 is 2.33 bits per heavy atom. The van der Waals surface area contributed by atoms with Crippen molar-refractivity contribution >= 4 is 11.6 Å². The quantitative estimate of drug-likeness (QED) is 0.0857. The van der Waals surface area contributed by atoms with Gasteiger partial charge in [-0.25, -0.2) is 4.68 Å². The number of hydrogen-bond donors (Lipinski definition) is 1. The van der Waals surface area contributed by atoms with E-state index in [9.17, 15) is 14.9 Å². The Morgan fingerprint density at radius 2 is 1.65 bits per heavy atom. The lowest BCUT2D eigenvalue weighted by Crippen LogP contribution is -2.27. The number of carbonyl (C=O) groups excluding carboxylic acids is 1. The number of aromatic nitrogens is 2. The van der Waals surface area contributed by atoms with Crippen LogP contribution in [-0.4, -0.2) is 33.8 Å². The van der Waals surface area contributed by atoms with Crippen LogP contribution in [0, 0.1) is 24.0 Å². The summed E-state index contributed by atoms with van der Waals surface area (Å²) in [6.45, 7) is 18.6. The van der Waals surface area contributed by atoms with E-state index >= 15 is 0 Å². The molecule has 0 atom stereocenters. The second-order valence-corrected chi connectivity index (χ2v) is 13.4. The molecular formula is C38H48N4O4. The number of aryl methyl sites for hydroxylation is 2. The maximum atomic E-state index is 13.5. The number of unbranched alkanes of at least 4 members (excludes halogenated alkanes) is 1. The highest BCUT2D eigenvalue weighted by Gasteiger charge is 2.27. The van der Waals surface area contributed by atoms with Crippen molar-refractivity contribution in [3.05, 3.63) is 105 Å². The van der Waals surface area contributed by atoms with Crippen LogP contribution in [0.15, 0.2) is 66.7 Å². The van der Waals surface area contributed by atoms with Crippen molar-refractivity contribution in [2.24, 2.45) is 0 Å². The van der Waals surface area contributed by atoms with Gasteiger partial charge >= 0.3 is 0 Å². The molecule has 1 aromatic heterocycles. The predicted molar refractivity (Wildman–Crippen MR) is 185 cm³/mol. The zero-order chi connectivity index (χ0) is 33.6. The van der Waals surface area contributed by atoms with E-state index in [2.05, 4.69) is 65.1 Å². The molecule has 1 amide bonds. The van der Waals surface area contributed by atoms with Crippen LogP contribution in [0.5, 0.6) is 5.75 Å². The minimum absolute atomic E-state index is 0.0125. The zero-order valence-electron chi connectivity index (χ0n) is 28.6. The first-order valence-corrected chi connectivity index (χ1v) is 16.3. The Balaban J connectivity index is 1.45. The molecule has 3 aromatic carbocycles. The number of ether oxygens (including phenoxy) is 1. The Labute approximate surface area is 273 Å². The summed E-state index contributed by atoms with van der Waals surface area (Å²) in [4.78, 5) is 24.5. The number of nitrogens with zero attached hydrogens (tertiary/aromatic N) is 3. The molecule has 1 N–H and O–H groups in total. The van der Waals surface area contributed by atoms with Gasteiger partial charge in [0.2, 0.25) is 0 Å². The number of nitro benzene ring substituents is 1. The van der Waals surface area contributed by atoms with E-state index in [1.165, 1.54) is 27.9 Å². The van der Waals surface area contributed by atoms with Gasteiger partial charge in [0.15, 0.2) is 0 Å². The van der Waals surface area contributed by atoms with Crippen molar-refractivity contribution in [3.63, 3.8) is 0 Å². The van der Waals surface area contributed by atoms with Crippen molar-refractivity contribution in [1.29, 1.82) is 0 Å². The largest absolute Gasteiger partial charge is 0.493 e. The van der Waals surface area contributed by atoms with E-state index in [1.807, 2.05) is 32.0 Å². The minimum Gasteiger partial charge on any atom is -0.493 e. The summed E-state index contributed by atoms with van der Waals surface area (Å²) in [7, 11) is 0. The SMILES string of the molecule is CCC(C)(C)c1ccc(OCCCCNC(=O)c2cc(-c3ccc(C)c(C)c3)nn2-c2cccc([N+](=O)[O-])c2)c(C(C)(C)CC)c1. The predicted octanol–water partition coefficient (Wildman–Crippen LogP) is 9.03. The van der Waals surface area contributed by atoms with Gasteiger partial charge in [0.1, 0.15) is 11.4 Å². The summed E-state index contributed by atoms with van der Waals surface area (Å²) in [5, 5.41) is 19.2. The fraction of sp³-hybridized carbons (Fsp3) is 0.421. The molecule has 0 radical (unpaired) electrons. The molecule has 1 heterocycles. The highest BCUT2D eigenvalue weighted by atomic mass is 16.6. The Bertz CT molecular complexity index is 1700. The highest BCUT2D eigenvalue weighted by Crippen LogP contribution is 2.38. The molecule has 0 spiro atoms. The number of non-ortho nitro benzene ring substituents is 1. The van der Waals surface area contributed by atoms with Crippen molar-refractivity contribution in [3.8, 4) is 22.7 Å². The average molecular weight is 625 g/mol. The molecule has 4 rings (SSSR count). The Kier molecular flexibility index (Phi) is 10.7. The Morgan fingerprint density at radius 1 is 0.913 bits per heavy atom. The minimum atomic E-state index is -0.453. The smallest absolute Gasteiger partial charge is 0.271 e. The number of carbonyl (C=O) groups is 1. The van der Waals surface area contributed by atoms with E-state index in [4.69, 9.17) is 9.84 Å². The van der Waals surface area contributed by atoms with Crippen LogP contribution in [0.1, 0.15) is 100.0 Å². The lowest BCUT2D eigenvalue weighted by Gasteiger charge is -2.30. The van der Waals surface area contributed by atoms with Crippen LogP contribution in [0.4, 0.5) is 5.69 Å². The van der Waals surface area contributed by atoms with Gasteiger partial charge in [-0.3, -0.25) is 14.9 Å². The number of nitro groups is 1. The third-order valence-corrected chi connectivity index (χ3v) is 9.40. The molecule has 0 aliphatic carbocycles. The average Bonchev–Trinajstić information content (AvgIpc) is 3.49. The molecule has 0 saturated carbocycles. The van der Waals surface area contributed by atoms with Crippen molar-refractivity contribution in [1.82, 2.24) is 15.1 Å². The number of nitrogens with one attached hydrogen (secondary N) is 1. The third kappa shape index (κ3) is 7.84. The van der Waals surface area contributed by atoms with E-state index in [1.54, 1.807) is 18.2 Å². The first-order chi connectivity index (χ1) is 21.8. The van der Waals surface area contributed by atoms with Crippen LogP contribution in [0.25, 0.3) is 16.9 Å². The molecular weight excluding hydrogens is 576 g/mol. The summed E-state index contributed by atoms with van der Waals surface area (Å²) in [5.74, 6) is 0.627. The molecule has 0 fully saturated rings. The van der Waals surface area contributed by atoms with Gasteiger partial charge in [-0.15, -0.1) is 0 Å². The normalized spacial score (nSPS) is 11.8. The zero-order valence-corrected chi connectivity index (χ0v) is 28.6.